The number of hydrogen-bond donors (Lipinski definition) is 1. The Morgan fingerprint density at radius 1 is 0.958 bits per heavy atom. The van der Waals surface area contributed by atoms with Crippen LogP contribution in [0, 0.1) is 11.8 Å². The van der Waals surface area contributed by atoms with Gasteiger partial charge in [-0.1, -0.05) is 24.6 Å². The van der Waals surface area contributed by atoms with Crippen molar-refractivity contribution >= 4 is 18.1 Å². The summed E-state index contributed by atoms with van der Waals surface area (Å²) in [6, 6.07) is 11.4. The Morgan fingerprint density at radius 3 is 2.38 bits per heavy atom. The molecule has 4 atom stereocenters. The lowest BCUT2D eigenvalue weighted by molar-refractivity contribution is -0.137. The van der Waals surface area contributed by atoms with Gasteiger partial charge in [-0.15, -0.1) is 12.4 Å². The van der Waals surface area contributed by atoms with E-state index < -0.39 is 5.60 Å². The lowest BCUT2D eigenvalue weighted by Gasteiger charge is -2.55. The molecule has 24 heavy (non-hydrogen) atoms. The van der Waals surface area contributed by atoms with E-state index in [0.717, 1.165) is 26.2 Å². The van der Waals surface area contributed by atoms with Crippen molar-refractivity contribution in [2.24, 2.45) is 11.8 Å². The minimum absolute atomic E-state index is 0. The van der Waals surface area contributed by atoms with E-state index in [1.807, 2.05) is 0 Å². The van der Waals surface area contributed by atoms with Gasteiger partial charge in [0.05, 0.1) is 5.60 Å². The summed E-state index contributed by atoms with van der Waals surface area (Å²) in [4.78, 5) is 5.18. The Morgan fingerprint density at radius 2 is 1.67 bits per heavy atom. The lowest BCUT2D eigenvalue weighted by Crippen LogP contribution is -2.61. The van der Waals surface area contributed by atoms with Crippen LogP contribution in [0.25, 0.3) is 0 Å². The minimum atomic E-state index is -0.433. The smallest absolute Gasteiger partial charge is 0.0690 e. The van der Waals surface area contributed by atoms with Crippen molar-refractivity contribution in [2.45, 2.75) is 50.7 Å². The maximum absolute atomic E-state index is 11.0. The van der Waals surface area contributed by atoms with Crippen molar-refractivity contribution in [3.05, 3.63) is 30.3 Å². The molecule has 134 valence electrons. The fourth-order valence-corrected chi connectivity index (χ4v) is 5.45. The summed E-state index contributed by atoms with van der Waals surface area (Å²) < 4.78 is 0. The van der Waals surface area contributed by atoms with E-state index in [1.165, 1.54) is 37.8 Å². The van der Waals surface area contributed by atoms with E-state index in [0.29, 0.717) is 17.9 Å². The zero-order valence-corrected chi connectivity index (χ0v) is 15.5. The Balaban J connectivity index is 0.00000169. The van der Waals surface area contributed by atoms with Crippen LogP contribution in [0.4, 0.5) is 5.69 Å². The Hall–Kier alpha value is -0.770. The van der Waals surface area contributed by atoms with Crippen molar-refractivity contribution in [3.63, 3.8) is 0 Å². The number of hydrogen-bond acceptors (Lipinski definition) is 3. The average molecular weight is 351 g/mol. The molecule has 1 aromatic carbocycles. The van der Waals surface area contributed by atoms with Gasteiger partial charge in [-0.3, -0.25) is 4.90 Å². The number of benzene rings is 1. The number of aliphatic hydroxyl groups is 1. The Bertz CT molecular complexity index is 528. The van der Waals surface area contributed by atoms with Gasteiger partial charge in [-0.05, 0) is 50.7 Å². The molecular weight excluding hydrogens is 320 g/mol. The van der Waals surface area contributed by atoms with Crippen LogP contribution < -0.4 is 4.90 Å². The number of halogens is 1. The number of nitrogens with zero attached hydrogens (tertiary/aromatic N) is 2. The lowest BCUT2D eigenvalue weighted by atomic mass is 9.60. The van der Waals surface area contributed by atoms with E-state index in [4.69, 9.17) is 0 Å². The Kier molecular flexibility index (Phi) is 5.43. The summed E-state index contributed by atoms with van der Waals surface area (Å²) in [7, 11) is 0. The van der Waals surface area contributed by atoms with Crippen molar-refractivity contribution in [1.29, 1.82) is 0 Å². The van der Waals surface area contributed by atoms with Gasteiger partial charge in [0.2, 0.25) is 0 Å². The van der Waals surface area contributed by atoms with E-state index in [1.54, 1.807) is 0 Å². The van der Waals surface area contributed by atoms with Crippen LogP contribution in [0.1, 0.15) is 39.0 Å². The fraction of sp³-hybridized carbons (Fsp3) is 0.700. The largest absolute Gasteiger partial charge is 0.390 e. The first-order chi connectivity index (χ1) is 11.2. The quantitative estimate of drug-likeness (QED) is 0.883. The summed E-state index contributed by atoms with van der Waals surface area (Å²) in [6.45, 7) is 6.61. The number of fused-ring (bicyclic) bond motifs is 2. The van der Waals surface area contributed by atoms with Crippen LogP contribution in [0.2, 0.25) is 0 Å². The zero-order valence-electron chi connectivity index (χ0n) is 14.7. The molecule has 0 aromatic heterocycles. The molecule has 4 unspecified atom stereocenters. The van der Waals surface area contributed by atoms with Crippen molar-refractivity contribution in [3.8, 4) is 0 Å². The van der Waals surface area contributed by atoms with Gasteiger partial charge in [0.25, 0.3) is 0 Å². The summed E-state index contributed by atoms with van der Waals surface area (Å²) in [5.74, 6) is 1.03. The molecule has 1 N–H and O–H groups in total. The summed E-state index contributed by atoms with van der Waals surface area (Å²) >= 11 is 0. The SMILES string of the molecule is CC1(O)C2CCCC1C(N1CCN(c3ccccc3)CC1)CC2.Cl. The van der Waals surface area contributed by atoms with E-state index in [9.17, 15) is 5.11 Å². The standard InChI is InChI=1S/C20H30N2O.ClH/c1-20(23)16-6-5-9-18(20)19(11-10-16)22-14-12-21(13-15-22)17-7-3-2-4-8-17;/h2-4,7-8,16,18-19,23H,5-6,9-15H2,1H3;1H. The van der Waals surface area contributed by atoms with Crippen molar-refractivity contribution < 1.29 is 5.11 Å². The van der Waals surface area contributed by atoms with Gasteiger partial charge in [0.1, 0.15) is 0 Å². The highest BCUT2D eigenvalue weighted by Crippen LogP contribution is 2.48. The van der Waals surface area contributed by atoms with Crippen molar-refractivity contribution in [2.75, 3.05) is 31.1 Å². The van der Waals surface area contributed by atoms with Gasteiger partial charge in [-0.25, -0.2) is 0 Å². The molecule has 0 amide bonds. The molecule has 1 saturated heterocycles. The highest BCUT2D eigenvalue weighted by molar-refractivity contribution is 5.85. The van der Waals surface area contributed by atoms with Gasteiger partial charge >= 0.3 is 0 Å². The molecule has 4 rings (SSSR count). The molecule has 4 heteroatoms. The number of rotatable bonds is 2. The second-order valence-corrected chi connectivity index (χ2v) is 7.96. The normalized spacial score (nSPS) is 36.9. The first-order valence-corrected chi connectivity index (χ1v) is 9.42. The molecule has 1 aliphatic heterocycles. The first-order valence-electron chi connectivity index (χ1n) is 9.42. The monoisotopic (exact) mass is 350 g/mol. The first kappa shape index (κ1) is 18.0. The molecule has 2 aliphatic carbocycles. The van der Waals surface area contributed by atoms with Crippen LogP contribution in [-0.4, -0.2) is 47.8 Å². The second-order valence-electron chi connectivity index (χ2n) is 7.96. The molecule has 1 heterocycles. The Labute approximate surface area is 152 Å². The topological polar surface area (TPSA) is 26.7 Å². The molecule has 0 spiro atoms. The highest BCUT2D eigenvalue weighted by Gasteiger charge is 2.50. The number of anilines is 1. The summed E-state index contributed by atoms with van der Waals surface area (Å²) in [5.41, 5.74) is 0.915. The third-order valence-corrected chi connectivity index (χ3v) is 6.82. The molecule has 3 aliphatic rings. The molecule has 1 aromatic rings. The minimum Gasteiger partial charge on any atom is -0.390 e. The molecule has 2 saturated carbocycles. The van der Waals surface area contributed by atoms with Crippen LogP contribution in [0.15, 0.2) is 30.3 Å². The van der Waals surface area contributed by atoms with E-state index in [-0.39, 0.29) is 12.4 Å². The highest BCUT2D eigenvalue weighted by atomic mass is 35.5. The zero-order chi connectivity index (χ0) is 15.9. The summed E-state index contributed by atoms with van der Waals surface area (Å²) in [5, 5.41) is 11.0. The maximum atomic E-state index is 11.0. The third kappa shape index (κ3) is 3.18. The van der Waals surface area contributed by atoms with Gasteiger partial charge in [0.15, 0.2) is 0 Å². The molecule has 3 fully saturated rings. The van der Waals surface area contributed by atoms with Crippen LogP contribution >= 0.6 is 12.4 Å². The van der Waals surface area contributed by atoms with Crippen LogP contribution in [0.3, 0.4) is 0 Å². The van der Waals surface area contributed by atoms with E-state index in [2.05, 4.69) is 47.1 Å². The van der Waals surface area contributed by atoms with E-state index >= 15 is 0 Å². The summed E-state index contributed by atoms with van der Waals surface area (Å²) in [6.07, 6.45) is 6.26. The number of piperazine rings is 1. The second kappa shape index (κ2) is 7.23. The predicted molar refractivity (Wildman–Crippen MR) is 102 cm³/mol. The van der Waals surface area contributed by atoms with Gasteiger partial charge in [0, 0.05) is 43.8 Å². The van der Waals surface area contributed by atoms with Crippen LogP contribution in [-0.2, 0) is 0 Å². The molecule has 2 bridgehead atoms. The van der Waals surface area contributed by atoms with Gasteiger partial charge in [-0.2, -0.15) is 0 Å². The molecular formula is C20H31ClN2O. The fourth-order valence-electron chi connectivity index (χ4n) is 5.45. The maximum Gasteiger partial charge on any atom is 0.0690 e. The number of para-hydroxylation sites is 1. The molecule has 3 nitrogen and oxygen atoms in total. The van der Waals surface area contributed by atoms with Crippen molar-refractivity contribution in [1.82, 2.24) is 4.90 Å². The average Bonchev–Trinajstić information content (AvgIpc) is 2.55. The third-order valence-electron chi connectivity index (χ3n) is 6.82. The van der Waals surface area contributed by atoms with Gasteiger partial charge < -0.3 is 10.0 Å². The van der Waals surface area contributed by atoms with Crippen LogP contribution in [0.5, 0.6) is 0 Å². The molecule has 0 radical (unpaired) electrons. The predicted octanol–water partition coefficient (Wildman–Crippen LogP) is 3.56.